The maximum Gasteiger partial charge on any atom is 0.0865 e. The van der Waals surface area contributed by atoms with Crippen LogP contribution in [0.1, 0.15) is 12.1 Å². The molecule has 0 aliphatic carbocycles. The van der Waals surface area contributed by atoms with Crippen LogP contribution in [0.4, 0.5) is 0 Å². The Balaban J connectivity index is 2.31. The van der Waals surface area contributed by atoms with Crippen molar-refractivity contribution in [2.45, 2.75) is 12.8 Å². The SMILES string of the molecule is NCCCc1cn(-c2ccc(Br)c(Cl)c2Cl)nn1. The van der Waals surface area contributed by atoms with Gasteiger partial charge in [0.2, 0.25) is 0 Å². The topological polar surface area (TPSA) is 56.7 Å². The Hall–Kier alpha value is -0.620. The zero-order valence-corrected chi connectivity index (χ0v) is 12.5. The Bertz CT molecular complexity index is 556. The molecule has 4 nitrogen and oxygen atoms in total. The van der Waals surface area contributed by atoms with Crippen LogP contribution in [0.25, 0.3) is 5.69 Å². The van der Waals surface area contributed by atoms with Crippen molar-refractivity contribution < 1.29 is 0 Å². The molecule has 1 heterocycles. The second kappa shape index (κ2) is 6.02. The second-order valence-corrected chi connectivity index (χ2v) is 5.35. The van der Waals surface area contributed by atoms with E-state index in [0.29, 0.717) is 22.3 Å². The molecule has 0 atom stereocenters. The first kappa shape index (κ1) is 13.8. The van der Waals surface area contributed by atoms with Crippen LogP contribution in [-0.2, 0) is 6.42 Å². The van der Waals surface area contributed by atoms with E-state index in [9.17, 15) is 0 Å². The summed E-state index contributed by atoms with van der Waals surface area (Å²) in [4.78, 5) is 0. The molecule has 0 unspecified atom stereocenters. The Kier molecular flexibility index (Phi) is 4.61. The number of aryl methyl sites for hydroxylation is 1. The third-order valence-corrected chi connectivity index (χ3v) is 4.20. The molecule has 1 aromatic carbocycles. The zero-order valence-electron chi connectivity index (χ0n) is 9.41. The summed E-state index contributed by atoms with van der Waals surface area (Å²) in [5, 5.41) is 9.02. The fourth-order valence-electron chi connectivity index (χ4n) is 1.51. The number of aromatic nitrogens is 3. The standard InChI is InChI=1S/C11H11BrCl2N4/c12-8-3-4-9(11(14)10(8)13)18-6-7(16-17-18)2-1-5-15/h3-4,6H,1-2,5,15H2. The van der Waals surface area contributed by atoms with Crippen molar-refractivity contribution in [3.8, 4) is 5.69 Å². The molecule has 2 rings (SSSR count). The van der Waals surface area contributed by atoms with Crippen LogP contribution >= 0.6 is 39.1 Å². The normalized spacial score (nSPS) is 10.9. The average molecular weight is 350 g/mol. The Labute approximate surface area is 123 Å². The summed E-state index contributed by atoms with van der Waals surface area (Å²) in [7, 11) is 0. The molecule has 0 radical (unpaired) electrons. The maximum atomic E-state index is 6.18. The van der Waals surface area contributed by atoms with E-state index in [1.807, 2.05) is 18.3 Å². The first-order valence-corrected chi connectivity index (χ1v) is 6.93. The highest BCUT2D eigenvalue weighted by Gasteiger charge is 2.11. The quantitative estimate of drug-likeness (QED) is 0.862. The molecule has 96 valence electrons. The van der Waals surface area contributed by atoms with E-state index in [2.05, 4.69) is 26.2 Å². The molecule has 0 aliphatic heterocycles. The van der Waals surface area contributed by atoms with E-state index in [4.69, 9.17) is 28.9 Å². The number of rotatable bonds is 4. The van der Waals surface area contributed by atoms with Crippen molar-refractivity contribution in [1.29, 1.82) is 0 Å². The Morgan fingerprint density at radius 1 is 1.28 bits per heavy atom. The average Bonchev–Trinajstić information content (AvgIpc) is 2.82. The van der Waals surface area contributed by atoms with E-state index in [1.165, 1.54) is 0 Å². The first-order valence-electron chi connectivity index (χ1n) is 5.38. The van der Waals surface area contributed by atoms with Crippen molar-refractivity contribution in [3.05, 3.63) is 38.5 Å². The van der Waals surface area contributed by atoms with E-state index in [-0.39, 0.29) is 0 Å². The third-order valence-electron chi connectivity index (χ3n) is 2.44. The number of nitrogens with two attached hydrogens (primary N) is 1. The number of halogens is 3. The lowest BCUT2D eigenvalue weighted by molar-refractivity contribution is 0.779. The van der Waals surface area contributed by atoms with Crippen molar-refractivity contribution in [2.75, 3.05) is 6.54 Å². The van der Waals surface area contributed by atoms with Crippen LogP contribution in [0, 0.1) is 0 Å². The highest BCUT2D eigenvalue weighted by atomic mass is 79.9. The summed E-state index contributed by atoms with van der Waals surface area (Å²) in [6, 6.07) is 3.66. The summed E-state index contributed by atoms with van der Waals surface area (Å²) in [5.74, 6) is 0. The van der Waals surface area contributed by atoms with E-state index >= 15 is 0 Å². The van der Waals surface area contributed by atoms with Crippen LogP contribution < -0.4 is 5.73 Å². The van der Waals surface area contributed by atoms with E-state index in [0.717, 1.165) is 23.0 Å². The first-order chi connectivity index (χ1) is 8.63. The van der Waals surface area contributed by atoms with Crippen molar-refractivity contribution in [2.24, 2.45) is 5.73 Å². The molecule has 18 heavy (non-hydrogen) atoms. The molecule has 1 aromatic heterocycles. The van der Waals surface area contributed by atoms with Gasteiger partial charge in [0.25, 0.3) is 0 Å². The summed E-state index contributed by atoms with van der Waals surface area (Å²) in [6.07, 6.45) is 3.52. The summed E-state index contributed by atoms with van der Waals surface area (Å²) >= 11 is 15.6. The molecule has 0 bridgehead atoms. The molecule has 0 aliphatic rings. The molecule has 2 aromatic rings. The van der Waals surface area contributed by atoms with Gasteiger partial charge in [0.1, 0.15) is 0 Å². The van der Waals surface area contributed by atoms with Gasteiger partial charge in [-0.25, -0.2) is 4.68 Å². The van der Waals surface area contributed by atoms with Gasteiger partial charge in [-0.2, -0.15) is 0 Å². The lowest BCUT2D eigenvalue weighted by Gasteiger charge is -2.06. The number of hydrogen-bond acceptors (Lipinski definition) is 3. The minimum absolute atomic E-state index is 0.446. The molecular formula is C11H11BrCl2N4. The van der Waals surface area contributed by atoms with Gasteiger partial charge in [-0.1, -0.05) is 28.4 Å². The van der Waals surface area contributed by atoms with Gasteiger partial charge in [-0.15, -0.1) is 5.10 Å². The summed E-state index contributed by atoms with van der Waals surface area (Å²) < 4.78 is 2.37. The number of benzene rings is 1. The fourth-order valence-corrected chi connectivity index (χ4v) is 2.36. The highest BCUT2D eigenvalue weighted by molar-refractivity contribution is 9.10. The minimum Gasteiger partial charge on any atom is -0.330 e. The molecule has 7 heteroatoms. The predicted octanol–water partition coefficient (Wildman–Crippen LogP) is 3.23. The van der Waals surface area contributed by atoms with Gasteiger partial charge in [0, 0.05) is 4.47 Å². The van der Waals surface area contributed by atoms with Gasteiger partial charge in [-0.3, -0.25) is 0 Å². The van der Waals surface area contributed by atoms with Gasteiger partial charge in [0.05, 0.1) is 27.6 Å². The van der Waals surface area contributed by atoms with Crippen LogP contribution in [-0.4, -0.2) is 21.5 Å². The van der Waals surface area contributed by atoms with Crippen LogP contribution in [0.15, 0.2) is 22.8 Å². The van der Waals surface area contributed by atoms with Gasteiger partial charge < -0.3 is 5.73 Å². The predicted molar refractivity (Wildman–Crippen MR) is 76.5 cm³/mol. The summed E-state index contributed by atoms with van der Waals surface area (Å²) in [5.41, 5.74) is 7.05. The van der Waals surface area contributed by atoms with Gasteiger partial charge in [0.15, 0.2) is 0 Å². The largest absolute Gasteiger partial charge is 0.330 e. The smallest absolute Gasteiger partial charge is 0.0865 e. The van der Waals surface area contributed by atoms with Crippen molar-refractivity contribution in [3.63, 3.8) is 0 Å². The molecule has 2 N–H and O–H groups in total. The van der Waals surface area contributed by atoms with E-state index in [1.54, 1.807) is 4.68 Å². The van der Waals surface area contributed by atoms with Crippen LogP contribution in [0.5, 0.6) is 0 Å². The van der Waals surface area contributed by atoms with Crippen molar-refractivity contribution >= 4 is 39.1 Å². The number of nitrogens with zero attached hydrogens (tertiary/aromatic N) is 3. The Morgan fingerprint density at radius 3 is 2.78 bits per heavy atom. The van der Waals surface area contributed by atoms with Crippen molar-refractivity contribution in [1.82, 2.24) is 15.0 Å². The molecule has 0 saturated heterocycles. The van der Waals surface area contributed by atoms with Crippen LogP contribution in [0.3, 0.4) is 0 Å². The lowest BCUT2D eigenvalue weighted by atomic mass is 10.2. The summed E-state index contributed by atoms with van der Waals surface area (Å²) in [6.45, 7) is 0.637. The maximum absolute atomic E-state index is 6.18. The van der Waals surface area contributed by atoms with Gasteiger partial charge in [-0.05, 0) is 47.4 Å². The van der Waals surface area contributed by atoms with E-state index < -0.39 is 0 Å². The fraction of sp³-hybridized carbons (Fsp3) is 0.273. The molecule has 0 spiro atoms. The lowest BCUT2D eigenvalue weighted by Crippen LogP contribution is -2.00. The monoisotopic (exact) mass is 348 g/mol. The van der Waals surface area contributed by atoms with Crippen LogP contribution in [0.2, 0.25) is 10.0 Å². The number of hydrogen-bond donors (Lipinski definition) is 1. The zero-order chi connectivity index (χ0) is 13.1. The third kappa shape index (κ3) is 2.85. The molecular weight excluding hydrogens is 339 g/mol. The second-order valence-electron chi connectivity index (χ2n) is 3.74. The van der Waals surface area contributed by atoms with Gasteiger partial charge >= 0.3 is 0 Å². The molecule has 0 saturated carbocycles. The molecule has 0 fully saturated rings. The highest BCUT2D eigenvalue weighted by Crippen LogP contribution is 2.34. The Morgan fingerprint density at radius 2 is 2.06 bits per heavy atom. The molecule has 0 amide bonds. The minimum atomic E-state index is 0.446.